The predicted octanol–water partition coefficient (Wildman–Crippen LogP) is 2.75. The summed E-state index contributed by atoms with van der Waals surface area (Å²) in [5.74, 6) is -2.63. The minimum atomic E-state index is -1.41. The highest BCUT2D eigenvalue weighted by Gasteiger charge is 2.29. The molecule has 9 heteroatoms. The molecule has 1 aromatic carbocycles. The van der Waals surface area contributed by atoms with Crippen molar-refractivity contribution in [1.82, 2.24) is 15.3 Å². The molecular weight excluding hydrogens is 394 g/mol. The number of carboxylic acid groups (broad SMARTS) is 1. The van der Waals surface area contributed by atoms with Crippen LogP contribution in [-0.4, -0.2) is 46.2 Å². The number of halogens is 2. The van der Waals surface area contributed by atoms with Gasteiger partial charge in [0.25, 0.3) is 0 Å². The van der Waals surface area contributed by atoms with Gasteiger partial charge in [0.2, 0.25) is 5.43 Å². The Morgan fingerprint density at radius 1 is 1.23 bits per heavy atom. The highest BCUT2D eigenvalue weighted by Crippen LogP contribution is 2.38. The Labute approximate surface area is 170 Å². The van der Waals surface area contributed by atoms with E-state index in [1.165, 1.54) is 12.1 Å². The summed E-state index contributed by atoms with van der Waals surface area (Å²) in [4.78, 5) is 32.8. The fourth-order valence-corrected chi connectivity index (χ4v) is 4.07. The van der Waals surface area contributed by atoms with Crippen molar-refractivity contribution in [2.24, 2.45) is 0 Å². The van der Waals surface area contributed by atoms with Crippen LogP contribution in [0.25, 0.3) is 22.2 Å². The van der Waals surface area contributed by atoms with Crippen LogP contribution in [0.15, 0.2) is 35.4 Å². The number of nitrogens with one attached hydrogen (secondary N) is 2. The van der Waals surface area contributed by atoms with Crippen molar-refractivity contribution < 1.29 is 18.7 Å². The number of aromatic amines is 1. The topological polar surface area (TPSA) is 98.3 Å². The van der Waals surface area contributed by atoms with Gasteiger partial charge in [-0.05, 0) is 32.0 Å². The Morgan fingerprint density at radius 2 is 1.93 bits per heavy atom. The Morgan fingerprint density at radius 3 is 2.53 bits per heavy atom. The Bertz CT molecular complexity index is 1180. The fraction of sp³-hybridized carbons (Fsp3) is 0.286. The molecule has 0 radical (unpaired) electrons. The van der Waals surface area contributed by atoms with Crippen LogP contribution in [0.2, 0.25) is 0 Å². The number of H-pyrrole nitrogens is 1. The lowest BCUT2D eigenvalue weighted by Gasteiger charge is -2.38. The van der Waals surface area contributed by atoms with Gasteiger partial charge >= 0.3 is 5.97 Å². The molecule has 3 N–H and O–H groups in total. The van der Waals surface area contributed by atoms with Crippen molar-refractivity contribution >= 4 is 22.6 Å². The first kappa shape index (κ1) is 20.0. The minimum Gasteiger partial charge on any atom is -0.477 e. The van der Waals surface area contributed by atoms with Gasteiger partial charge in [-0.15, -0.1) is 0 Å². The number of aromatic nitrogens is 2. The van der Waals surface area contributed by atoms with Crippen LogP contribution < -0.4 is 15.6 Å². The molecule has 1 aliphatic rings. The highest BCUT2D eigenvalue weighted by molar-refractivity contribution is 6.02. The average Bonchev–Trinajstić information content (AvgIpc) is 2.67. The van der Waals surface area contributed by atoms with Crippen LogP contribution in [0, 0.1) is 11.6 Å². The summed E-state index contributed by atoms with van der Waals surface area (Å²) in [7, 11) is 0. The minimum absolute atomic E-state index is 0.0892. The summed E-state index contributed by atoms with van der Waals surface area (Å²) in [6.07, 6.45) is 2.10. The van der Waals surface area contributed by atoms with E-state index >= 15 is 4.39 Å². The largest absolute Gasteiger partial charge is 0.477 e. The molecule has 0 aliphatic carbocycles. The lowest BCUT2D eigenvalue weighted by molar-refractivity contribution is 0.0695. The summed E-state index contributed by atoms with van der Waals surface area (Å²) in [6.45, 7) is 4.99. The van der Waals surface area contributed by atoms with E-state index in [1.54, 1.807) is 0 Å². The first-order valence-electron chi connectivity index (χ1n) is 9.50. The molecule has 4 rings (SSSR count). The number of aromatic carboxylic acids is 1. The van der Waals surface area contributed by atoms with Crippen molar-refractivity contribution in [3.05, 3.63) is 58.0 Å². The second-order valence-electron chi connectivity index (χ2n) is 7.58. The smallest absolute Gasteiger partial charge is 0.341 e. The molecule has 0 saturated carbocycles. The van der Waals surface area contributed by atoms with E-state index in [9.17, 15) is 19.1 Å². The van der Waals surface area contributed by atoms with Crippen LogP contribution in [0.5, 0.6) is 0 Å². The molecule has 1 aliphatic heterocycles. The number of pyridine rings is 2. The van der Waals surface area contributed by atoms with E-state index in [-0.39, 0.29) is 34.4 Å². The number of carbonyl (C=O) groups is 1. The number of benzene rings is 1. The second kappa shape index (κ2) is 7.49. The SMILES string of the molecule is CC1CN(c2c(F)cc3c(=O)c(C(=O)O)c[nH]c3c2-c2ccc(F)cn2)CC(C)N1. The predicted molar refractivity (Wildman–Crippen MR) is 109 cm³/mol. The van der Waals surface area contributed by atoms with Crippen molar-refractivity contribution in [1.29, 1.82) is 0 Å². The molecule has 30 heavy (non-hydrogen) atoms. The van der Waals surface area contributed by atoms with Gasteiger partial charge in [-0.25, -0.2) is 13.6 Å². The van der Waals surface area contributed by atoms with E-state index < -0.39 is 28.6 Å². The van der Waals surface area contributed by atoms with Gasteiger partial charge < -0.3 is 20.3 Å². The number of piperazine rings is 1. The van der Waals surface area contributed by atoms with Gasteiger partial charge in [0.05, 0.1) is 34.0 Å². The quantitative estimate of drug-likeness (QED) is 0.610. The van der Waals surface area contributed by atoms with Crippen LogP contribution in [-0.2, 0) is 0 Å². The van der Waals surface area contributed by atoms with Crippen LogP contribution in [0.4, 0.5) is 14.5 Å². The summed E-state index contributed by atoms with van der Waals surface area (Å²) in [5, 5.41) is 12.5. The molecule has 3 aromatic rings. The van der Waals surface area contributed by atoms with Crippen molar-refractivity contribution in [3.63, 3.8) is 0 Å². The number of fused-ring (bicyclic) bond motifs is 1. The zero-order valence-electron chi connectivity index (χ0n) is 16.4. The molecule has 0 bridgehead atoms. The number of anilines is 1. The maximum absolute atomic E-state index is 15.4. The Kier molecular flexibility index (Phi) is 4.98. The lowest BCUT2D eigenvalue weighted by atomic mass is 9.99. The zero-order valence-corrected chi connectivity index (χ0v) is 16.4. The third kappa shape index (κ3) is 3.41. The number of carboxylic acids is 1. The van der Waals surface area contributed by atoms with Gasteiger partial charge in [0.15, 0.2) is 0 Å². The summed E-state index contributed by atoms with van der Waals surface area (Å²) in [6, 6.07) is 3.85. The molecule has 0 spiro atoms. The molecule has 156 valence electrons. The molecule has 0 amide bonds. The molecule has 2 unspecified atom stereocenters. The normalized spacial score (nSPS) is 19.3. The maximum Gasteiger partial charge on any atom is 0.341 e. The van der Waals surface area contributed by atoms with Gasteiger partial charge in [-0.3, -0.25) is 9.78 Å². The molecule has 2 aromatic heterocycles. The van der Waals surface area contributed by atoms with E-state index in [0.717, 1.165) is 18.5 Å². The molecular formula is C21H20F2N4O3. The van der Waals surface area contributed by atoms with Crippen molar-refractivity contribution in [2.75, 3.05) is 18.0 Å². The third-order valence-corrected chi connectivity index (χ3v) is 5.19. The van der Waals surface area contributed by atoms with Gasteiger partial charge in [0.1, 0.15) is 17.2 Å². The molecule has 3 heterocycles. The van der Waals surface area contributed by atoms with Gasteiger partial charge in [-0.1, -0.05) is 0 Å². The summed E-state index contributed by atoms with van der Waals surface area (Å²) >= 11 is 0. The first-order valence-corrected chi connectivity index (χ1v) is 9.50. The second-order valence-corrected chi connectivity index (χ2v) is 7.58. The first-order chi connectivity index (χ1) is 14.3. The molecule has 1 saturated heterocycles. The van der Waals surface area contributed by atoms with E-state index in [1.807, 2.05) is 18.7 Å². The van der Waals surface area contributed by atoms with Crippen LogP contribution >= 0.6 is 0 Å². The number of hydrogen-bond donors (Lipinski definition) is 3. The molecule has 7 nitrogen and oxygen atoms in total. The van der Waals surface area contributed by atoms with Crippen LogP contribution in [0.1, 0.15) is 24.2 Å². The maximum atomic E-state index is 15.4. The van der Waals surface area contributed by atoms with Crippen molar-refractivity contribution in [3.8, 4) is 11.3 Å². The molecule has 1 fully saturated rings. The van der Waals surface area contributed by atoms with E-state index in [2.05, 4.69) is 15.3 Å². The van der Waals surface area contributed by atoms with E-state index in [0.29, 0.717) is 18.7 Å². The van der Waals surface area contributed by atoms with Crippen LogP contribution in [0.3, 0.4) is 0 Å². The number of nitrogens with zero attached hydrogens (tertiary/aromatic N) is 2. The average molecular weight is 414 g/mol. The Hall–Kier alpha value is -3.33. The highest BCUT2D eigenvalue weighted by atomic mass is 19.1. The Balaban J connectivity index is 2.05. The zero-order chi connectivity index (χ0) is 21.6. The van der Waals surface area contributed by atoms with E-state index in [4.69, 9.17) is 0 Å². The fourth-order valence-electron chi connectivity index (χ4n) is 4.07. The standard InChI is InChI=1S/C21H20F2N4O3/c1-10-8-27(9-11(2)26-10)19-15(23)5-13-18(25-7-14(20(13)28)21(29)30)17(19)16-4-3-12(22)6-24-16/h3-7,10-11,26H,8-9H2,1-2H3,(H,25,28)(H,29,30). The number of hydrogen-bond acceptors (Lipinski definition) is 5. The monoisotopic (exact) mass is 414 g/mol. The van der Waals surface area contributed by atoms with Gasteiger partial charge in [-0.2, -0.15) is 0 Å². The summed E-state index contributed by atoms with van der Waals surface area (Å²) in [5.41, 5.74) is -0.238. The third-order valence-electron chi connectivity index (χ3n) is 5.19. The summed E-state index contributed by atoms with van der Waals surface area (Å²) < 4.78 is 28.9. The molecule has 2 atom stereocenters. The number of rotatable bonds is 3. The van der Waals surface area contributed by atoms with Gasteiger partial charge in [0, 0.05) is 31.4 Å². The lowest BCUT2D eigenvalue weighted by Crippen LogP contribution is -2.54. The van der Waals surface area contributed by atoms with Crippen molar-refractivity contribution in [2.45, 2.75) is 25.9 Å².